The van der Waals surface area contributed by atoms with Crippen LogP contribution in [0.25, 0.3) is 0 Å². The van der Waals surface area contributed by atoms with Crippen molar-refractivity contribution in [2.24, 2.45) is 5.73 Å². The molecule has 12 heavy (non-hydrogen) atoms. The van der Waals surface area contributed by atoms with Crippen LogP contribution < -0.4 is 5.73 Å². The highest BCUT2D eigenvalue weighted by Crippen LogP contribution is 2.15. The Morgan fingerprint density at radius 1 is 1.67 bits per heavy atom. The van der Waals surface area contributed by atoms with Gasteiger partial charge in [0.25, 0.3) is 0 Å². The van der Waals surface area contributed by atoms with Crippen molar-refractivity contribution >= 4 is 5.97 Å². The highest BCUT2D eigenvalue weighted by molar-refractivity contribution is 5.72. The number of nitrogens with two attached hydrogens (primary N) is 1. The van der Waals surface area contributed by atoms with Crippen molar-refractivity contribution in [3.63, 3.8) is 0 Å². The van der Waals surface area contributed by atoms with E-state index in [1.54, 1.807) is 7.11 Å². The van der Waals surface area contributed by atoms with Crippen LogP contribution >= 0.6 is 0 Å². The lowest BCUT2D eigenvalue weighted by atomic mass is 9.99. The minimum atomic E-state index is -0.957. The molecule has 0 spiro atoms. The summed E-state index contributed by atoms with van der Waals surface area (Å²) < 4.78 is 5.12. The molecule has 4 nitrogen and oxygen atoms in total. The molecule has 0 saturated heterocycles. The van der Waals surface area contributed by atoms with Gasteiger partial charge in [0.05, 0.1) is 5.60 Å². The lowest BCUT2D eigenvalue weighted by Gasteiger charge is -2.23. The van der Waals surface area contributed by atoms with E-state index in [0.717, 1.165) is 0 Å². The summed E-state index contributed by atoms with van der Waals surface area (Å²) in [6.45, 7) is 3.81. The maximum absolute atomic E-state index is 10.3. The topological polar surface area (TPSA) is 72.5 Å². The van der Waals surface area contributed by atoms with Gasteiger partial charge in [-0.05, 0) is 26.7 Å². The summed E-state index contributed by atoms with van der Waals surface area (Å²) in [5.41, 5.74) is 5.04. The summed E-state index contributed by atoms with van der Waals surface area (Å²) in [4.78, 5) is 10.3. The summed E-state index contributed by atoms with van der Waals surface area (Å²) in [5, 5.41) is 8.49. The van der Waals surface area contributed by atoms with E-state index >= 15 is 0 Å². The van der Waals surface area contributed by atoms with Gasteiger partial charge in [-0.3, -0.25) is 4.79 Å². The average molecular weight is 175 g/mol. The van der Waals surface area contributed by atoms with E-state index in [9.17, 15) is 4.79 Å². The Balaban J connectivity index is 3.75. The number of hydrogen-bond donors (Lipinski definition) is 2. The second-order valence-corrected chi connectivity index (χ2v) is 3.45. The first-order valence-corrected chi connectivity index (χ1v) is 3.92. The Hall–Kier alpha value is -0.610. The Kier molecular flexibility index (Phi) is 4.20. The van der Waals surface area contributed by atoms with E-state index in [4.69, 9.17) is 15.6 Å². The number of ether oxygens (including phenoxy) is 1. The van der Waals surface area contributed by atoms with E-state index in [-0.39, 0.29) is 5.60 Å². The summed E-state index contributed by atoms with van der Waals surface area (Å²) in [5.74, 6) is -0.957. The molecule has 0 bridgehead atoms. The fourth-order valence-electron chi connectivity index (χ4n) is 0.729. The number of aliphatic carboxylic acids is 1. The van der Waals surface area contributed by atoms with Crippen LogP contribution in [0.3, 0.4) is 0 Å². The molecule has 0 saturated carbocycles. The molecule has 0 rings (SSSR count). The van der Waals surface area contributed by atoms with Crippen LogP contribution in [0.2, 0.25) is 0 Å². The number of carboxylic acids is 1. The first-order chi connectivity index (χ1) is 5.39. The smallest absolute Gasteiger partial charge is 0.320 e. The van der Waals surface area contributed by atoms with Crippen LogP contribution in [-0.4, -0.2) is 29.8 Å². The Bertz CT molecular complexity index is 156. The van der Waals surface area contributed by atoms with Gasteiger partial charge in [-0.25, -0.2) is 0 Å². The van der Waals surface area contributed by atoms with Crippen molar-refractivity contribution in [2.45, 2.75) is 38.3 Å². The molecule has 0 heterocycles. The van der Waals surface area contributed by atoms with Crippen molar-refractivity contribution in [1.29, 1.82) is 0 Å². The zero-order chi connectivity index (χ0) is 9.78. The second-order valence-electron chi connectivity index (χ2n) is 3.45. The fraction of sp³-hybridized carbons (Fsp3) is 0.875. The highest BCUT2D eigenvalue weighted by atomic mass is 16.5. The molecule has 0 unspecified atom stereocenters. The summed E-state index contributed by atoms with van der Waals surface area (Å²) in [6.07, 6.45) is 1.09. The van der Waals surface area contributed by atoms with Gasteiger partial charge in [-0.2, -0.15) is 0 Å². The third-order valence-corrected chi connectivity index (χ3v) is 1.93. The zero-order valence-electron chi connectivity index (χ0n) is 7.83. The van der Waals surface area contributed by atoms with E-state index in [1.165, 1.54) is 0 Å². The quantitative estimate of drug-likeness (QED) is 0.642. The van der Waals surface area contributed by atoms with Crippen LogP contribution in [0.15, 0.2) is 0 Å². The summed E-state index contributed by atoms with van der Waals surface area (Å²) in [6, 6.07) is -0.778. The second kappa shape index (κ2) is 4.42. The van der Waals surface area contributed by atoms with Crippen molar-refractivity contribution < 1.29 is 14.6 Å². The molecule has 0 aromatic carbocycles. The minimum Gasteiger partial charge on any atom is -0.480 e. The van der Waals surface area contributed by atoms with E-state index in [0.29, 0.717) is 12.8 Å². The molecule has 0 radical (unpaired) electrons. The molecule has 0 aliphatic heterocycles. The van der Waals surface area contributed by atoms with Gasteiger partial charge >= 0.3 is 5.97 Å². The lowest BCUT2D eigenvalue weighted by molar-refractivity contribution is -0.138. The molecule has 1 atom stereocenters. The normalized spacial score (nSPS) is 14.3. The van der Waals surface area contributed by atoms with Crippen LogP contribution in [0, 0.1) is 0 Å². The molecular formula is C8H17NO3. The van der Waals surface area contributed by atoms with E-state index in [2.05, 4.69) is 0 Å². The lowest BCUT2D eigenvalue weighted by Crippen LogP contribution is -2.33. The van der Waals surface area contributed by atoms with Gasteiger partial charge in [0, 0.05) is 7.11 Å². The van der Waals surface area contributed by atoms with Crippen molar-refractivity contribution in [2.75, 3.05) is 7.11 Å². The molecule has 3 N–H and O–H groups in total. The van der Waals surface area contributed by atoms with Gasteiger partial charge in [0.1, 0.15) is 6.04 Å². The predicted octanol–water partition coefficient (Wildman–Crippen LogP) is 0.603. The molecule has 0 aromatic heterocycles. The molecule has 0 aliphatic rings. The third kappa shape index (κ3) is 4.31. The minimum absolute atomic E-state index is 0.285. The largest absolute Gasteiger partial charge is 0.480 e. The number of carbonyl (C=O) groups is 1. The van der Waals surface area contributed by atoms with Crippen molar-refractivity contribution in [3.8, 4) is 0 Å². The van der Waals surface area contributed by atoms with Gasteiger partial charge in [0.15, 0.2) is 0 Å². The predicted molar refractivity (Wildman–Crippen MR) is 45.9 cm³/mol. The summed E-state index contributed by atoms with van der Waals surface area (Å²) >= 11 is 0. The number of carboxylic acid groups (broad SMARTS) is 1. The monoisotopic (exact) mass is 175 g/mol. The summed E-state index contributed by atoms with van der Waals surface area (Å²) in [7, 11) is 1.60. The maximum atomic E-state index is 10.3. The first kappa shape index (κ1) is 11.4. The molecule has 0 aromatic rings. The van der Waals surface area contributed by atoms with E-state index < -0.39 is 12.0 Å². The molecule has 72 valence electrons. The molecule has 0 amide bonds. The third-order valence-electron chi connectivity index (χ3n) is 1.93. The van der Waals surface area contributed by atoms with Gasteiger partial charge < -0.3 is 15.6 Å². The van der Waals surface area contributed by atoms with Crippen molar-refractivity contribution in [3.05, 3.63) is 0 Å². The number of hydrogen-bond acceptors (Lipinski definition) is 3. The molecular weight excluding hydrogens is 158 g/mol. The van der Waals surface area contributed by atoms with Crippen LogP contribution in [-0.2, 0) is 9.53 Å². The Morgan fingerprint density at radius 3 is 2.50 bits per heavy atom. The number of methoxy groups -OCH3 is 1. The standard InChI is InChI=1S/C8H17NO3/c1-8(2,12-3)5-4-6(9)7(10)11/h6H,4-5,9H2,1-3H3,(H,10,11)/t6-/m1/s1. The van der Waals surface area contributed by atoms with Gasteiger partial charge in [-0.15, -0.1) is 0 Å². The van der Waals surface area contributed by atoms with Crippen molar-refractivity contribution in [1.82, 2.24) is 0 Å². The van der Waals surface area contributed by atoms with E-state index in [1.807, 2.05) is 13.8 Å². The number of rotatable bonds is 5. The Labute approximate surface area is 72.7 Å². The highest BCUT2D eigenvalue weighted by Gasteiger charge is 2.20. The SMILES string of the molecule is COC(C)(C)CC[C@@H](N)C(=O)O. The van der Waals surface area contributed by atoms with Gasteiger partial charge in [-0.1, -0.05) is 0 Å². The molecule has 0 fully saturated rings. The molecule has 4 heteroatoms. The van der Waals surface area contributed by atoms with Crippen LogP contribution in [0.5, 0.6) is 0 Å². The first-order valence-electron chi connectivity index (χ1n) is 3.92. The Morgan fingerprint density at radius 2 is 2.17 bits per heavy atom. The van der Waals surface area contributed by atoms with Crippen LogP contribution in [0.1, 0.15) is 26.7 Å². The zero-order valence-corrected chi connectivity index (χ0v) is 7.83. The fourth-order valence-corrected chi connectivity index (χ4v) is 0.729. The van der Waals surface area contributed by atoms with Crippen LogP contribution in [0.4, 0.5) is 0 Å². The maximum Gasteiger partial charge on any atom is 0.320 e. The molecule has 0 aliphatic carbocycles. The average Bonchev–Trinajstić information content (AvgIpc) is 2.00. The van der Waals surface area contributed by atoms with Gasteiger partial charge in [0.2, 0.25) is 0 Å².